The maximum atomic E-state index is 13.2. The molecule has 1 atom stereocenters. The summed E-state index contributed by atoms with van der Waals surface area (Å²) < 4.78 is 14.3. The van der Waals surface area contributed by atoms with Crippen molar-refractivity contribution in [2.75, 3.05) is 25.0 Å². The molecule has 4 amide bonds. The largest absolute Gasteiger partial charge is 0.360 e. The van der Waals surface area contributed by atoms with E-state index in [2.05, 4.69) is 20.9 Å². The Balaban J connectivity index is 1.29. The first-order valence-electron chi connectivity index (χ1n) is 9.63. The molecule has 4 rings (SSSR count). The summed E-state index contributed by atoms with van der Waals surface area (Å²) in [5, 5.41) is 9.16. The first-order chi connectivity index (χ1) is 14.9. The molecule has 0 saturated carbocycles. The van der Waals surface area contributed by atoms with Crippen molar-refractivity contribution in [2.45, 2.75) is 12.5 Å². The summed E-state index contributed by atoms with van der Waals surface area (Å²) in [5.41, 5.74) is -0.00332. The van der Waals surface area contributed by atoms with E-state index in [-0.39, 0.29) is 0 Å². The zero-order valence-electron chi connectivity index (χ0n) is 16.6. The summed E-state index contributed by atoms with van der Waals surface area (Å²) in [7, 11) is 0. The lowest BCUT2D eigenvalue weighted by Crippen LogP contribution is -2.43. The van der Waals surface area contributed by atoms with E-state index in [1.807, 2.05) is 24.3 Å². The number of amides is 4. The highest BCUT2D eigenvalue weighted by Crippen LogP contribution is 2.29. The van der Waals surface area contributed by atoms with Crippen LogP contribution in [0.15, 0.2) is 48.5 Å². The number of imide groups is 1. The molecule has 0 aliphatic carbocycles. The third-order valence-corrected chi connectivity index (χ3v) is 6.01. The Kier molecular flexibility index (Phi) is 5.55. The van der Waals surface area contributed by atoms with Crippen LogP contribution in [0.25, 0.3) is 10.2 Å². The Morgan fingerprint density at radius 2 is 1.90 bits per heavy atom. The molecule has 1 aliphatic heterocycles. The van der Waals surface area contributed by atoms with Gasteiger partial charge in [0.2, 0.25) is 5.91 Å². The Hall–Kier alpha value is -3.53. The molecule has 1 unspecified atom stereocenters. The van der Waals surface area contributed by atoms with E-state index in [1.54, 1.807) is 0 Å². The summed E-state index contributed by atoms with van der Waals surface area (Å²) in [4.78, 5) is 42.7. The fraction of sp³-hybridized carbons (Fsp3) is 0.238. The number of rotatable bonds is 7. The van der Waals surface area contributed by atoms with Crippen LogP contribution in [0, 0.1) is 5.82 Å². The zero-order valence-corrected chi connectivity index (χ0v) is 17.5. The quantitative estimate of drug-likeness (QED) is 0.386. The van der Waals surface area contributed by atoms with Crippen LogP contribution < -0.4 is 16.0 Å². The predicted octanol–water partition coefficient (Wildman–Crippen LogP) is 2.43. The number of nitrogens with zero attached hydrogens (tertiary/aromatic N) is 2. The van der Waals surface area contributed by atoms with Crippen molar-refractivity contribution in [3.8, 4) is 0 Å². The van der Waals surface area contributed by atoms with E-state index in [4.69, 9.17) is 0 Å². The van der Waals surface area contributed by atoms with Crippen molar-refractivity contribution in [3.63, 3.8) is 0 Å². The van der Waals surface area contributed by atoms with Crippen molar-refractivity contribution >= 4 is 44.5 Å². The maximum absolute atomic E-state index is 13.2. The second-order valence-electron chi connectivity index (χ2n) is 7.22. The van der Waals surface area contributed by atoms with E-state index in [0.717, 1.165) is 20.2 Å². The first-order valence-corrected chi connectivity index (χ1v) is 10.4. The fourth-order valence-corrected chi connectivity index (χ4v) is 4.23. The normalized spacial score (nSPS) is 18.3. The molecule has 1 saturated heterocycles. The van der Waals surface area contributed by atoms with Crippen LogP contribution in [-0.4, -0.2) is 47.4 Å². The predicted molar refractivity (Wildman–Crippen MR) is 115 cm³/mol. The Morgan fingerprint density at radius 3 is 2.65 bits per heavy atom. The van der Waals surface area contributed by atoms with E-state index >= 15 is 0 Å². The number of carbonyl (C=O) groups is 3. The number of hydrogen-bond acceptors (Lipinski definition) is 6. The summed E-state index contributed by atoms with van der Waals surface area (Å²) in [6.45, 7) is 1.87. The van der Waals surface area contributed by atoms with E-state index in [1.165, 1.54) is 42.5 Å². The number of nitrogens with one attached hydrogen (secondary N) is 3. The van der Waals surface area contributed by atoms with Crippen LogP contribution in [0.5, 0.6) is 0 Å². The van der Waals surface area contributed by atoms with Crippen molar-refractivity contribution < 1.29 is 18.8 Å². The van der Waals surface area contributed by atoms with Crippen molar-refractivity contribution in [3.05, 3.63) is 59.9 Å². The van der Waals surface area contributed by atoms with Gasteiger partial charge in [-0.1, -0.05) is 35.6 Å². The molecule has 1 aliphatic rings. The molecule has 0 bridgehead atoms. The molecular formula is C21H20FN5O3S. The molecule has 8 nitrogen and oxygen atoms in total. The number of hydrogen-bond donors (Lipinski definition) is 3. The van der Waals surface area contributed by atoms with Gasteiger partial charge in [0.05, 0.1) is 10.2 Å². The molecule has 3 N–H and O–H groups in total. The van der Waals surface area contributed by atoms with Crippen LogP contribution in [0.3, 0.4) is 0 Å². The smallest absolute Gasteiger partial charge is 0.325 e. The van der Waals surface area contributed by atoms with Gasteiger partial charge in [-0.2, -0.15) is 0 Å². The van der Waals surface area contributed by atoms with E-state index in [0.29, 0.717) is 18.7 Å². The van der Waals surface area contributed by atoms with Gasteiger partial charge in [0.25, 0.3) is 5.91 Å². The molecule has 0 spiro atoms. The topological polar surface area (TPSA) is 103 Å². The monoisotopic (exact) mass is 441 g/mol. The number of para-hydroxylation sites is 1. The van der Waals surface area contributed by atoms with Gasteiger partial charge >= 0.3 is 6.03 Å². The average Bonchev–Trinajstić information content (AvgIpc) is 3.26. The van der Waals surface area contributed by atoms with E-state index in [9.17, 15) is 18.8 Å². The standard InChI is InChI=1S/C21H20FN5O3S/c1-21(13-6-8-14(22)9-7-13)18(29)27(20(30)26-21)12-17(28)23-10-11-24-19-25-15-4-2-3-5-16(15)31-19/h2-9H,10-12H2,1H3,(H,23,28)(H,24,25)(H,26,30). The molecule has 2 aromatic carbocycles. The Morgan fingerprint density at radius 1 is 1.16 bits per heavy atom. The van der Waals surface area contributed by atoms with Gasteiger partial charge in [-0.15, -0.1) is 0 Å². The number of benzene rings is 2. The van der Waals surface area contributed by atoms with E-state index < -0.39 is 35.7 Å². The summed E-state index contributed by atoms with van der Waals surface area (Å²) in [6, 6.07) is 12.4. The molecular weight excluding hydrogens is 421 g/mol. The van der Waals surface area contributed by atoms with Crippen molar-refractivity contribution in [1.29, 1.82) is 0 Å². The highest BCUT2D eigenvalue weighted by Gasteiger charge is 2.49. The lowest BCUT2D eigenvalue weighted by Gasteiger charge is -2.22. The maximum Gasteiger partial charge on any atom is 0.325 e. The van der Waals surface area contributed by atoms with Gasteiger partial charge in [0.1, 0.15) is 17.9 Å². The second-order valence-corrected chi connectivity index (χ2v) is 8.25. The van der Waals surface area contributed by atoms with Gasteiger partial charge in [-0.25, -0.2) is 14.2 Å². The molecule has 1 fully saturated rings. The van der Waals surface area contributed by atoms with Crippen LogP contribution in [0.1, 0.15) is 12.5 Å². The molecule has 31 heavy (non-hydrogen) atoms. The Bertz CT molecular complexity index is 1120. The van der Waals surface area contributed by atoms with Crippen LogP contribution in [0.2, 0.25) is 0 Å². The fourth-order valence-electron chi connectivity index (χ4n) is 3.34. The van der Waals surface area contributed by atoms with Gasteiger partial charge in [-0.3, -0.25) is 14.5 Å². The van der Waals surface area contributed by atoms with Crippen molar-refractivity contribution in [2.24, 2.45) is 0 Å². The third-order valence-electron chi connectivity index (χ3n) is 5.02. The number of aromatic nitrogens is 1. The van der Waals surface area contributed by atoms with Crippen molar-refractivity contribution in [1.82, 2.24) is 20.5 Å². The third kappa shape index (κ3) is 4.19. The lowest BCUT2D eigenvalue weighted by molar-refractivity contribution is -0.134. The summed E-state index contributed by atoms with van der Waals surface area (Å²) in [6.07, 6.45) is 0. The molecule has 10 heteroatoms. The summed E-state index contributed by atoms with van der Waals surface area (Å²) in [5.74, 6) is -1.47. The van der Waals surface area contributed by atoms with Gasteiger partial charge < -0.3 is 16.0 Å². The SMILES string of the molecule is CC1(c2ccc(F)cc2)NC(=O)N(CC(=O)NCCNc2nc3ccccc3s2)C1=O. The number of carbonyl (C=O) groups excluding carboxylic acids is 3. The summed E-state index contributed by atoms with van der Waals surface area (Å²) >= 11 is 1.52. The number of halogens is 1. The number of anilines is 1. The highest BCUT2D eigenvalue weighted by molar-refractivity contribution is 7.22. The zero-order chi connectivity index (χ0) is 22.0. The Labute approximate surface area is 181 Å². The lowest BCUT2D eigenvalue weighted by atomic mass is 9.92. The minimum absolute atomic E-state index is 0.299. The number of urea groups is 1. The van der Waals surface area contributed by atoms with Crippen LogP contribution >= 0.6 is 11.3 Å². The minimum Gasteiger partial charge on any atom is -0.360 e. The molecule has 160 valence electrons. The number of fused-ring (bicyclic) bond motifs is 1. The highest BCUT2D eigenvalue weighted by atomic mass is 32.1. The molecule has 1 aromatic heterocycles. The number of thiazole rings is 1. The second kappa shape index (κ2) is 8.31. The first kappa shape index (κ1) is 20.7. The average molecular weight is 441 g/mol. The van der Waals surface area contributed by atoms with Crippen LogP contribution in [0.4, 0.5) is 14.3 Å². The minimum atomic E-state index is -1.35. The van der Waals surface area contributed by atoms with Gasteiger partial charge in [-0.05, 0) is 36.8 Å². The molecule has 0 radical (unpaired) electrons. The molecule has 3 aromatic rings. The molecule has 2 heterocycles. The van der Waals surface area contributed by atoms with Gasteiger partial charge in [0, 0.05) is 13.1 Å². The van der Waals surface area contributed by atoms with Crippen LogP contribution in [-0.2, 0) is 15.1 Å². The van der Waals surface area contributed by atoms with Gasteiger partial charge in [0.15, 0.2) is 5.13 Å².